The quantitative estimate of drug-likeness (QED) is 0.665. The van der Waals surface area contributed by atoms with Gasteiger partial charge in [0.1, 0.15) is 12.3 Å². The second-order valence-electron chi connectivity index (χ2n) is 8.66. The summed E-state index contributed by atoms with van der Waals surface area (Å²) in [5, 5.41) is 3.06. The molecule has 0 saturated carbocycles. The Hall–Kier alpha value is -3.53. The van der Waals surface area contributed by atoms with E-state index in [1.54, 1.807) is 0 Å². The molecule has 2 aliphatic heterocycles. The van der Waals surface area contributed by atoms with Gasteiger partial charge in [0.05, 0.1) is 5.41 Å². The van der Waals surface area contributed by atoms with E-state index in [1.807, 2.05) is 66.7 Å². The summed E-state index contributed by atoms with van der Waals surface area (Å²) < 4.78 is 6.71. The van der Waals surface area contributed by atoms with Crippen molar-refractivity contribution in [1.82, 2.24) is 5.32 Å². The van der Waals surface area contributed by atoms with Crippen molar-refractivity contribution in [2.75, 3.05) is 11.4 Å². The van der Waals surface area contributed by atoms with Gasteiger partial charge >= 0.3 is 0 Å². The molecule has 0 aliphatic carbocycles. The van der Waals surface area contributed by atoms with Crippen molar-refractivity contribution < 1.29 is 9.53 Å². The van der Waals surface area contributed by atoms with Crippen LogP contribution in [0.1, 0.15) is 30.5 Å². The fourth-order valence-electron chi connectivity index (χ4n) is 4.74. The normalized spacial score (nSPS) is 20.1. The monoisotopic (exact) mass is 410 g/mol. The zero-order chi connectivity index (χ0) is 21.5. The first kappa shape index (κ1) is 19.4. The number of hydrogen-bond acceptors (Lipinski definition) is 3. The summed E-state index contributed by atoms with van der Waals surface area (Å²) in [5.74, 6) is 0.798. The molecule has 0 saturated heterocycles. The van der Waals surface area contributed by atoms with Crippen LogP contribution in [0, 0.1) is 0 Å². The van der Waals surface area contributed by atoms with Gasteiger partial charge in [-0.2, -0.15) is 0 Å². The molecule has 0 radical (unpaired) electrons. The molecule has 1 unspecified atom stereocenters. The first-order chi connectivity index (χ1) is 15.0. The first-order valence-corrected chi connectivity index (χ1v) is 10.7. The number of fused-ring (bicyclic) bond motifs is 2. The molecule has 5 rings (SSSR count). The molecule has 2 heterocycles. The summed E-state index contributed by atoms with van der Waals surface area (Å²) in [6.45, 7) is 5.09. The molecule has 4 heteroatoms. The third-order valence-corrected chi connectivity index (χ3v) is 6.47. The standard InChI is InChI=1S/C27H26N2O2/c1-26(2)22-13-7-8-14-23(22)29(19-25(30)28-18-20-10-4-3-5-11-20)27(26)17-16-21-12-6-9-15-24(21)31-27/h3-17H,18-19H2,1-2H3,(H,28,30). The summed E-state index contributed by atoms with van der Waals surface area (Å²) in [4.78, 5) is 15.1. The molecule has 4 nitrogen and oxygen atoms in total. The molecule has 31 heavy (non-hydrogen) atoms. The topological polar surface area (TPSA) is 41.6 Å². The second kappa shape index (κ2) is 7.31. The van der Waals surface area contributed by atoms with E-state index in [0.717, 1.165) is 22.6 Å². The molecule has 3 aromatic rings. The first-order valence-electron chi connectivity index (χ1n) is 10.7. The average Bonchev–Trinajstić information content (AvgIpc) is 2.97. The highest BCUT2D eigenvalue weighted by atomic mass is 16.5. The number of para-hydroxylation sites is 2. The molecule has 156 valence electrons. The number of anilines is 1. The molecule has 3 aromatic carbocycles. The van der Waals surface area contributed by atoms with Gasteiger partial charge in [0.2, 0.25) is 11.6 Å². The summed E-state index contributed by atoms with van der Waals surface area (Å²) >= 11 is 0. The van der Waals surface area contributed by atoms with Crippen molar-refractivity contribution in [2.45, 2.75) is 31.5 Å². The summed E-state index contributed by atoms with van der Waals surface area (Å²) in [7, 11) is 0. The van der Waals surface area contributed by atoms with Gasteiger partial charge in [0.15, 0.2) is 0 Å². The van der Waals surface area contributed by atoms with Gasteiger partial charge in [-0.3, -0.25) is 4.79 Å². The van der Waals surface area contributed by atoms with Crippen molar-refractivity contribution in [3.63, 3.8) is 0 Å². The molecule has 0 aromatic heterocycles. The highest BCUT2D eigenvalue weighted by Crippen LogP contribution is 2.54. The maximum atomic E-state index is 13.0. The number of hydrogen-bond donors (Lipinski definition) is 1. The number of rotatable bonds is 4. The lowest BCUT2D eigenvalue weighted by Gasteiger charge is -2.46. The third-order valence-electron chi connectivity index (χ3n) is 6.47. The maximum absolute atomic E-state index is 13.0. The van der Waals surface area contributed by atoms with Gasteiger partial charge in [-0.25, -0.2) is 0 Å². The lowest BCUT2D eigenvalue weighted by atomic mass is 9.76. The van der Waals surface area contributed by atoms with E-state index in [4.69, 9.17) is 4.74 Å². The predicted octanol–water partition coefficient (Wildman–Crippen LogP) is 4.90. The Kier molecular flexibility index (Phi) is 4.58. The highest BCUT2D eigenvalue weighted by Gasteiger charge is 2.59. The van der Waals surface area contributed by atoms with E-state index in [1.165, 1.54) is 5.56 Å². The van der Waals surface area contributed by atoms with Gasteiger partial charge in [-0.1, -0.05) is 66.7 Å². The SMILES string of the molecule is CC1(C)c2ccccc2N(CC(=O)NCc2ccccc2)C12C=Cc1ccccc1O2. The number of amides is 1. The number of ether oxygens (including phenoxy) is 1. The number of carbonyl (C=O) groups excluding carboxylic acids is 1. The van der Waals surface area contributed by atoms with Crippen molar-refractivity contribution in [2.24, 2.45) is 0 Å². The van der Waals surface area contributed by atoms with Gasteiger partial charge < -0.3 is 15.0 Å². The van der Waals surface area contributed by atoms with Crippen molar-refractivity contribution >= 4 is 17.7 Å². The molecular weight excluding hydrogens is 384 g/mol. The van der Waals surface area contributed by atoms with E-state index >= 15 is 0 Å². The van der Waals surface area contributed by atoms with Crippen LogP contribution in [0.2, 0.25) is 0 Å². The minimum absolute atomic E-state index is 0.0356. The van der Waals surface area contributed by atoms with E-state index in [2.05, 4.69) is 48.3 Å². The van der Waals surface area contributed by atoms with Crippen LogP contribution >= 0.6 is 0 Å². The minimum Gasteiger partial charge on any atom is -0.463 e. The van der Waals surface area contributed by atoms with E-state index in [-0.39, 0.29) is 17.9 Å². The summed E-state index contributed by atoms with van der Waals surface area (Å²) in [6.07, 6.45) is 4.22. The molecule has 1 N–H and O–H groups in total. The van der Waals surface area contributed by atoms with Gasteiger partial charge in [0, 0.05) is 17.8 Å². The smallest absolute Gasteiger partial charge is 0.239 e. The van der Waals surface area contributed by atoms with E-state index in [9.17, 15) is 4.79 Å². The Balaban J connectivity index is 1.49. The molecule has 2 aliphatic rings. The van der Waals surface area contributed by atoms with E-state index in [0.29, 0.717) is 6.54 Å². The number of carbonyl (C=O) groups is 1. The second-order valence-corrected chi connectivity index (χ2v) is 8.66. The fraction of sp³-hybridized carbons (Fsp3) is 0.222. The number of nitrogens with one attached hydrogen (secondary N) is 1. The Morgan fingerprint density at radius 3 is 2.48 bits per heavy atom. The van der Waals surface area contributed by atoms with Gasteiger partial charge in [-0.15, -0.1) is 0 Å². The molecule has 1 amide bonds. The van der Waals surface area contributed by atoms with E-state index < -0.39 is 5.72 Å². The number of nitrogens with zero attached hydrogens (tertiary/aromatic N) is 1. The van der Waals surface area contributed by atoms with Crippen molar-refractivity contribution in [1.29, 1.82) is 0 Å². The molecular formula is C27H26N2O2. The molecule has 1 atom stereocenters. The van der Waals surface area contributed by atoms with Crippen molar-refractivity contribution in [3.05, 3.63) is 102 Å². The fourth-order valence-corrected chi connectivity index (χ4v) is 4.74. The Bertz CT molecular complexity index is 1150. The maximum Gasteiger partial charge on any atom is 0.239 e. The summed E-state index contributed by atoms with van der Waals surface area (Å²) in [6, 6.07) is 26.3. The Morgan fingerprint density at radius 2 is 1.65 bits per heavy atom. The van der Waals surface area contributed by atoms with Crippen LogP contribution in [0.15, 0.2) is 84.9 Å². The molecule has 0 bridgehead atoms. The van der Waals surface area contributed by atoms with Gasteiger partial charge in [0.25, 0.3) is 0 Å². The molecule has 1 spiro atoms. The van der Waals surface area contributed by atoms with Crippen LogP contribution in [-0.2, 0) is 16.8 Å². The van der Waals surface area contributed by atoms with Crippen LogP contribution < -0.4 is 15.0 Å². The van der Waals surface area contributed by atoms with Crippen LogP contribution in [-0.4, -0.2) is 18.2 Å². The minimum atomic E-state index is -0.783. The summed E-state index contributed by atoms with van der Waals surface area (Å²) in [5.41, 5.74) is 3.20. The number of benzene rings is 3. The zero-order valence-electron chi connectivity index (χ0n) is 17.8. The van der Waals surface area contributed by atoms with Crippen LogP contribution in [0.4, 0.5) is 5.69 Å². The van der Waals surface area contributed by atoms with Crippen LogP contribution in [0.25, 0.3) is 6.08 Å². The highest BCUT2D eigenvalue weighted by molar-refractivity contribution is 5.84. The zero-order valence-corrected chi connectivity index (χ0v) is 17.8. The Morgan fingerprint density at radius 1 is 0.935 bits per heavy atom. The largest absolute Gasteiger partial charge is 0.463 e. The van der Waals surface area contributed by atoms with Crippen molar-refractivity contribution in [3.8, 4) is 5.75 Å². The average molecular weight is 411 g/mol. The van der Waals surface area contributed by atoms with Crippen LogP contribution in [0.3, 0.4) is 0 Å². The lowest BCUT2D eigenvalue weighted by molar-refractivity contribution is -0.120. The Labute approximate surface area is 183 Å². The molecule has 0 fully saturated rings. The lowest BCUT2D eigenvalue weighted by Crippen LogP contribution is -2.61. The van der Waals surface area contributed by atoms with Gasteiger partial charge in [-0.05, 0) is 49.3 Å². The predicted molar refractivity (Wildman–Crippen MR) is 124 cm³/mol. The van der Waals surface area contributed by atoms with Crippen LogP contribution in [0.5, 0.6) is 5.75 Å². The third kappa shape index (κ3) is 3.10.